The molecule has 0 spiro atoms. The largest absolute Gasteiger partial charge is 0.395 e. The van der Waals surface area contributed by atoms with Gasteiger partial charge in [0.25, 0.3) is 0 Å². The first-order valence-corrected chi connectivity index (χ1v) is 7.17. The predicted octanol–water partition coefficient (Wildman–Crippen LogP) is 1.07. The molecule has 1 aliphatic heterocycles. The Morgan fingerprint density at radius 2 is 1.50 bits per heavy atom. The highest BCUT2D eigenvalue weighted by Crippen LogP contribution is 2.02. The normalized spacial score (nSPS) is 17.1. The monoisotopic (exact) mass is 266 g/mol. The molecule has 3 heteroatoms. The molecule has 103 valence electrons. The molecule has 1 fully saturated rings. The first kappa shape index (κ1) is 14.8. The third-order valence-corrected chi connectivity index (χ3v) is 3.32. The molecule has 0 amide bonds. The second-order valence-electron chi connectivity index (χ2n) is 4.94. The van der Waals surface area contributed by atoms with Gasteiger partial charge in [0, 0.05) is 6.04 Å². The van der Waals surface area contributed by atoms with Crippen molar-refractivity contribution in [1.82, 2.24) is 5.32 Å². The topological polar surface area (TPSA) is 32.3 Å². The SMILES string of the molecule is OC[C@@H]1CCCN1.[B](c1ccccc1)c1ccccc1. The van der Waals surface area contributed by atoms with Gasteiger partial charge in [-0.05, 0) is 19.4 Å². The first-order valence-electron chi connectivity index (χ1n) is 7.17. The van der Waals surface area contributed by atoms with Crippen molar-refractivity contribution in [2.75, 3.05) is 13.2 Å². The van der Waals surface area contributed by atoms with E-state index in [1.165, 1.54) is 17.3 Å². The van der Waals surface area contributed by atoms with E-state index >= 15 is 0 Å². The second-order valence-corrected chi connectivity index (χ2v) is 4.94. The van der Waals surface area contributed by atoms with Crippen molar-refractivity contribution >= 4 is 18.2 Å². The summed E-state index contributed by atoms with van der Waals surface area (Å²) in [5.41, 5.74) is 2.49. The molecule has 2 N–H and O–H groups in total. The second kappa shape index (κ2) is 8.57. The summed E-state index contributed by atoms with van der Waals surface area (Å²) < 4.78 is 0. The highest BCUT2D eigenvalue weighted by molar-refractivity contribution is 6.67. The van der Waals surface area contributed by atoms with E-state index in [2.05, 4.69) is 61.1 Å². The van der Waals surface area contributed by atoms with Gasteiger partial charge in [-0.15, -0.1) is 0 Å². The summed E-state index contributed by atoms with van der Waals surface area (Å²) in [4.78, 5) is 0. The van der Waals surface area contributed by atoms with Crippen LogP contribution in [0.1, 0.15) is 12.8 Å². The molecule has 2 nitrogen and oxygen atoms in total. The van der Waals surface area contributed by atoms with E-state index in [-0.39, 0.29) is 0 Å². The maximum absolute atomic E-state index is 8.50. The Morgan fingerprint density at radius 1 is 0.950 bits per heavy atom. The van der Waals surface area contributed by atoms with Crippen LogP contribution in [0.5, 0.6) is 0 Å². The number of rotatable bonds is 3. The van der Waals surface area contributed by atoms with Gasteiger partial charge in [0.2, 0.25) is 0 Å². The standard InChI is InChI=1S/C12H10B.C5H11NO/c1-3-7-11(8-4-1)13-12-9-5-2-6-10-12;7-4-5-2-1-3-6-5/h1-10H;5-7H,1-4H2/t;5-/m.0/s1. The summed E-state index contributed by atoms with van der Waals surface area (Å²) in [5.74, 6) is 0. The lowest BCUT2D eigenvalue weighted by Gasteiger charge is -2.01. The molecule has 1 radical (unpaired) electrons. The summed E-state index contributed by atoms with van der Waals surface area (Å²) >= 11 is 0. The number of nitrogens with one attached hydrogen (secondary N) is 1. The van der Waals surface area contributed by atoms with Crippen molar-refractivity contribution in [2.24, 2.45) is 0 Å². The lowest BCUT2D eigenvalue weighted by Crippen LogP contribution is -2.26. The first-order chi connectivity index (χ1) is 9.88. The van der Waals surface area contributed by atoms with Crippen LogP contribution < -0.4 is 16.2 Å². The van der Waals surface area contributed by atoms with Gasteiger partial charge in [-0.1, -0.05) is 71.6 Å². The van der Waals surface area contributed by atoms with Crippen LogP contribution in [0.4, 0.5) is 0 Å². The Bertz CT molecular complexity index is 431. The zero-order valence-corrected chi connectivity index (χ0v) is 11.7. The quantitative estimate of drug-likeness (QED) is 0.815. The zero-order chi connectivity index (χ0) is 14.0. The summed E-state index contributed by atoms with van der Waals surface area (Å²) in [7, 11) is 2.17. The fraction of sp³-hybridized carbons (Fsp3) is 0.294. The van der Waals surface area contributed by atoms with E-state index < -0.39 is 0 Å². The van der Waals surface area contributed by atoms with Gasteiger partial charge in [0.1, 0.15) is 0 Å². The van der Waals surface area contributed by atoms with E-state index in [0.717, 1.165) is 13.0 Å². The molecular weight excluding hydrogens is 245 g/mol. The average Bonchev–Trinajstić information content (AvgIpc) is 3.03. The fourth-order valence-electron chi connectivity index (χ4n) is 2.20. The van der Waals surface area contributed by atoms with E-state index in [9.17, 15) is 0 Å². The molecule has 1 heterocycles. The Morgan fingerprint density at radius 3 is 1.85 bits per heavy atom. The highest BCUT2D eigenvalue weighted by Gasteiger charge is 2.10. The minimum absolute atomic E-state index is 0.306. The third-order valence-electron chi connectivity index (χ3n) is 3.32. The molecular formula is C17H21BNO. The smallest absolute Gasteiger partial charge is 0.191 e. The molecule has 0 unspecified atom stereocenters. The van der Waals surface area contributed by atoms with Gasteiger partial charge < -0.3 is 10.4 Å². The number of hydrogen-bond acceptors (Lipinski definition) is 2. The van der Waals surface area contributed by atoms with E-state index in [1.807, 2.05) is 12.1 Å². The summed E-state index contributed by atoms with van der Waals surface area (Å²) in [5, 5.41) is 11.7. The maximum atomic E-state index is 8.50. The van der Waals surface area contributed by atoms with Gasteiger partial charge in [-0.3, -0.25) is 0 Å². The van der Waals surface area contributed by atoms with Crippen molar-refractivity contribution in [3.63, 3.8) is 0 Å². The van der Waals surface area contributed by atoms with Crippen molar-refractivity contribution in [3.8, 4) is 0 Å². The molecule has 20 heavy (non-hydrogen) atoms. The van der Waals surface area contributed by atoms with Gasteiger partial charge in [-0.2, -0.15) is 0 Å². The van der Waals surface area contributed by atoms with Crippen LogP contribution in [0, 0.1) is 0 Å². The van der Waals surface area contributed by atoms with Crippen LogP contribution in [-0.4, -0.2) is 31.6 Å². The number of aliphatic hydroxyl groups excluding tert-OH is 1. The maximum Gasteiger partial charge on any atom is 0.191 e. The molecule has 0 aromatic heterocycles. The van der Waals surface area contributed by atoms with Crippen molar-refractivity contribution in [1.29, 1.82) is 0 Å². The summed E-state index contributed by atoms with van der Waals surface area (Å²) in [6, 6.07) is 21.1. The van der Waals surface area contributed by atoms with Crippen LogP contribution in [-0.2, 0) is 0 Å². The molecule has 2 aromatic carbocycles. The van der Waals surface area contributed by atoms with Crippen LogP contribution in [0.3, 0.4) is 0 Å². The van der Waals surface area contributed by atoms with Crippen LogP contribution in [0.2, 0.25) is 0 Å². The molecule has 0 saturated carbocycles. The Kier molecular flexibility index (Phi) is 6.35. The Hall–Kier alpha value is -1.58. The zero-order valence-electron chi connectivity index (χ0n) is 11.7. The van der Waals surface area contributed by atoms with Gasteiger partial charge >= 0.3 is 0 Å². The van der Waals surface area contributed by atoms with E-state index in [0.29, 0.717) is 12.6 Å². The lowest BCUT2D eigenvalue weighted by atomic mass is 9.64. The van der Waals surface area contributed by atoms with E-state index in [4.69, 9.17) is 5.11 Å². The minimum atomic E-state index is 0.306. The van der Waals surface area contributed by atoms with Gasteiger partial charge in [0.05, 0.1) is 6.61 Å². The molecule has 1 aliphatic rings. The minimum Gasteiger partial charge on any atom is -0.395 e. The third kappa shape index (κ3) is 5.20. The average molecular weight is 266 g/mol. The Labute approximate surface area is 122 Å². The van der Waals surface area contributed by atoms with Crippen LogP contribution in [0.25, 0.3) is 0 Å². The van der Waals surface area contributed by atoms with Crippen molar-refractivity contribution < 1.29 is 5.11 Å². The molecule has 1 atom stereocenters. The number of benzene rings is 2. The Balaban J connectivity index is 0.000000178. The van der Waals surface area contributed by atoms with E-state index in [1.54, 1.807) is 0 Å². The summed E-state index contributed by atoms with van der Waals surface area (Å²) in [6.07, 6.45) is 2.38. The summed E-state index contributed by atoms with van der Waals surface area (Å²) in [6.45, 7) is 1.39. The molecule has 0 bridgehead atoms. The number of hydrogen-bond donors (Lipinski definition) is 2. The van der Waals surface area contributed by atoms with Crippen molar-refractivity contribution in [3.05, 3.63) is 60.7 Å². The van der Waals surface area contributed by atoms with Gasteiger partial charge in [-0.25, -0.2) is 0 Å². The van der Waals surface area contributed by atoms with Crippen LogP contribution in [0.15, 0.2) is 60.7 Å². The lowest BCUT2D eigenvalue weighted by molar-refractivity contribution is 0.255. The molecule has 0 aliphatic carbocycles. The fourth-order valence-corrected chi connectivity index (χ4v) is 2.20. The predicted molar refractivity (Wildman–Crippen MR) is 86.0 cm³/mol. The van der Waals surface area contributed by atoms with Crippen LogP contribution >= 0.6 is 0 Å². The number of aliphatic hydroxyl groups is 1. The molecule has 1 saturated heterocycles. The van der Waals surface area contributed by atoms with Crippen molar-refractivity contribution in [2.45, 2.75) is 18.9 Å². The molecule has 2 aromatic rings. The molecule has 3 rings (SSSR count). The van der Waals surface area contributed by atoms with Gasteiger partial charge in [0.15, 0.2) is 7.28 Å². The highest BCUT2D eigenvalue weighted by atomic mass is 16.3.